The first-order valence-electron chi connectivity index (χ1n) is 10.3. The van der Waals surface area contributed by atoms with Gasteiger partial charge < -0.3 is 5.32 Å². The van der Waals surface area contributed by atoms with Crippen LogP contribution in [0.5, 0.6) is 0 Å². The van der Waals surface area contributed by atoms with Crippen LogP contribution in [0, 0.1) is 19.8 Å². The number of hydrogen-bond donors (Lipinski definition) is 1. The molecule has 3 aromatic carbocycles. The van der Waals surface area contributed by atoms with Gasteiger partial charge in [0.05, 0.1) is 4.90 Å². The van der Waals surface area contributed by atoms with Crippen molar-refractivity contribution >= 4 is 48.3 Å². The third kappa shape index (κ3) is 4.54. The Kier molecular flexibility index (Phi) is 6.19. The standard InChI is InChI=1S/C24H25BrN2O3S/c1-16-13-21(25)14-17(2)23(16)26-24(28)19-9-11-27(12-10-19)31(29,30)22-8-7-18-5-3-4-6-20(18)15-22/h3-8,13-15,19H,9-12H2,1-2H3,(H,26,28). The topological polar surface area (TPSA) is 66.5 Å². The van der Waals surface area contributed by atoms with E-state index in [-0.39, 0.29) is 11.8 Å². The van der Waals surface area contributed by atoms with Crippen molar-refractivity contribution in [2.75, 3.05) is 18.4 Å². The number of nitrogens with one attached hydrogen (secondary N) is 1. The fraction of sp³-hybridized carbons (Fsp3) is 0.292. The lowest BCUT2D eigenvalue weighted by atomic mass is 9.96. The summed E-state index contributed by atoms with van der Waals surface area (Å²) in [6.07, 6.45) is 1.01. The van der Waals surface area contributed by atoms with E-state index in [9.17, 15) is 13.2 Å². The van der Waals surface area contributed by atoms with Crippen LogP contribution >= 0.6 is 15.9 Å². The van der Waals surface area contributed by atoms with Crippen molar-refractivity contribution in [2.45, 2.75) is 31.6 Å². The predicted molar refractivity (Wildman–Crippen MR) is 128 cm³/mol. The Morgan fingerprint density at radius 1 is 0.968 bits per heavy atom. The average molecular weight is 501 g/mol. The molecule has 4 rings (SSSR count). The molecule has 7 heteroatoms. The number of aryl methyl sites for hydroxylation is 2. The maximum absolute atomic E-state index is 13.1. The molecular formula is C24H25BrN2O3S. The van der Waals surface area contributed by atoms with Crippen molar-refractivity contribution in [2.24, 2.45) is 5.92 Å². The lowest BCUT2D eigenvalue weighted by Gasteiger charge is -2.31. The van der Waals surface area contributed by atoms with Crippen LogP contribution in [-0.4, -0.2) is 31.7 Å². The summed E-state index contributed by atoms with van der Waals surface area (Å²) in [5.41, 5.74) is 2.83. The average Bonchev–Trinajstić information content (AvgIpc) is 2.75. The van der Waals surface area contributed by atoms with Crippen molar-refractivity contribution in [3.8, 4) is 0 Å². The first-order valence-corrected chi connectivity index (χ1v) is 12.6. The van der Waals surface area contributed by atoms with Gasteiger partial charge in [-0.1, -0.05) is 46.3 Å². The molecule has 1 aliphatic rings. The van der Waals surface area contributed by atoms with E-state index in [4.69, 9.17) is 0 Å². The molecule has 1 heterocycles. The number of halogens is 1. The van der Waals surface area contributed by atoms with Crippen LogP contribution in [-0.2, 0) is 14.8 Å². The maximum Gasteiger partial charge on any atom is 0.243 e. The Balaban J connectivity index is 1.44. The smallest absolute Gasteiger partial charge is 0.243 e. The predicted octanol–water partition coefficient (Wildman–Crippen LogP) is 5.26. The molecule has 3 aromatic rings. The number of piperidine rings is 1. The van der Waals surface area contributed by atoms with Crippen LogP contribution in [0.4, 0.5) is 5.69 Å². The molecule has 1 saturated heterocycles. The molecule has 0 aromatic heterocycles. The van der Waals surface area contributed by atoms with Gasteiger partial charge in [-0.15, -0.1) is 0 Å². The summed E-state index contributed by atoms with van der Waals surface area (Å²) in [4.78, 5) is 13.1. The van der Waals surface area contributed by atoms with Gasteiger partial charge in [-0.25, -0.2) is 8.42 Å². The Labute approximate surface area is 191 Å². The lowest BCUT2D eigenvalue weighted by molar-refractivity contribution is -0.120. The number of carbonyl (C=O) groups is 1. The second kappa shape index (κ2) is 8.73. The highest BCUT2D eigenvalue weighted by Gasteiger charge is 2.32. The van der Waals surface area contributed by atoms with Crippen molar-refractivity contribution in [1.29, 1.82) is 0 Å². The van der Waals surface area contributed by atoms with Gasteiger partial charge in [0.15, 0.2) is 0 Å². The molecule has 5 nitrogen and oxygen atoms in total. The van der Waals surface area contributed by atoms with Gasteiger partial charge in [0.25, 0.3) is 0 Å². The van der Waals surface area contributed by atoms with Crippen molar-refractivity contribution in [3.63, 3.8) is 0 Å². The number of nitrogens with zero attached hydrogens (tertiary/aromatic N) is 1. The number of amides is 1. The first-order chi connectivity index (χ1) is 14.8. The molecule has 0 unspecified atom stereocenters. The number of rotatable bonds is 4. The number of fused-ring (bicyclic) bond motifs is 1. The Morgan fingerprint density at radius 2 is 1.58 bits per heavy atom. The molecule has 0 spiro atoms. The van der Waals surface area contributed by atoms with Crippen molar-refractivity contribution in [3.05, 3.63) is 70.2 Å². The quantitative estimate of drug-likeness (QED) is 0.531. The number of hydrogen-bond acceptors (Lipinski definition) is 3. The summed E-state index contributed by atoms with van der Waals surface area (Å²) < 4.78 is 28.8. The zero-order valence-corrected chi connectivity index (χ0v) is 20.0. The van der Waals surface area contributed by atoms with Crippen LogP contribution in [0.2, 0.25) is 0 Å². The zero-order chi connectivity index (χ0) is 22.2. The second-order valence-corrected chi connectivity index (χ2v) is 10.9. The van der Waals surface area contributed by atoms with E-state index >= 15 is 0 Å². The summed E-state index contributed by atoms with van der Waals surface area (Å²) in [5.74, 6) is -0.248. The molecular weight excluding hydrogens is 476 g/mol. The summed E-state index contributed by atoms with van der Waals surface area (Å²) in [7, 11) is -3.58. The fourth-order valence-electron chi connectivity index (χ4n) is 4.17. The van der Waals surface area contributed by atoms with Crippen LogP contribution < -0.4 is 5.32 Å². The van der Waals surface area contributed by atoms with E-state index in [1.165, 1.54) is 4.31 Å². The largest absolute Gasteiger partial charge is 0.325 e. The van der Waals surface area contributed by atoms with Crippen LogP contribution in [0.25, 0.3) is 10.8 Å². The van der Waals surface area contributed by atoms with E-state index in [0.717, 1.165) is 32.1 Å². The van der Waals surface area contributed by atoms with Gasteiger partial charge in [0, 0.05) is 29.2 Å². The first kappa shape index (κ1) is 22.0. The van der Waals surface area contributed by atoms with Crippen molar-refractivity contribution < 1.29 is 13.2 Å². The molecule has 162 valence electrons. The van der Waals surface area contributed by atoms with E-state index in [0.29, 0.717) is 30.8 Å². The summed E-state index contributed by atoms with van der Waals surface area (Å²) in [5, 5.41) is 4.96. The molecule has 1 aliphatic heterocycles. The monoisotopic (exact) mass is 500 g/mol. The van der Waals surface area contributed by atoms with Gasteiger partial charge >= 0.3 is 0 Å². The van der Waals surface area contributed by atoms with Crippen molar-refractivity contribution in [1.82, 2.24) is 4.31 Å². The van der Waals surface area contributed by atoms with E-state index in [1.54, 1.807) is 12.1 Å². The highest BCUT2D eigenvalue weighted by Crippen LogP contribution is 2.29. The Bertz CT molecular complexity index is 1230. The molecule has 1 N–H and O–H groups in total. The van der Waals surface area contributed by atoms with Gasteiger partial charge in [-0.05, 0) is 72.9 Å². The molecule has 0 bridgehead atoms. The highest BCUT2D eigenvalue weighted by atomic mass is 79.9. The number of anilines is 1. The number of benzene rings is 3. The minimum Gasteiger partial charge on any atom is -0.325 e. The minimum absolute atomic E-state index is 0.0451. The number of sulfonamides is 1. The van der Waals surface area contributed by atoms with Gasteiger partial charge in [0.2, 0.25) is 15.9 Å². The third-order valence-electron chi connectivity index (χ3n) is 5.93. The molecule has 0 saturated carbocycles. The van der Waals surface area contributed by atoms with E-state index in [2.05, 4.69) is 21.2 Å². The molecule has 31 heavy (non-hydrogen) atoms. The lowest BCUT2D eigenvalue weighted by Crippen LogP contribution is -2.41. The Morgan fingerprint density at radius 3 is 2.23 bits per heavy atom. The van der Waals surface area contributed by atoms with Crippen LogP contribution in [0.3, 0.4) is 0 Å². The molecule has 1 fully saturated rings. The minimum atomic E-state index is -3.58. The molecule has 1 amide bonds. The normalized spacial score (nSPS) is 15.8. The summed E-state index contributed by atoms with van der Waals surface area (Å²) >= 11 is 3.47. The SMILES string of the molecule is Cc1cc(Br)cc(C)c1NC(=O)C1CCN(S(=O)(=O)c2ccc3ccccc3c2)CC1. The third-order valence-corrected chi connectivity index (χ3v) is 8.28. The summed E-state index contributed by atoms with van der Waals surface area (Å²) in [6.45, 7) is 4.61. The van der Waals surface area contributed by atoms with Crippen LogP contribution in [0.15, 0.2) is 64.0 Å². The maximum atomic E-state index is 13.1. The highest BCUT2D eigenvalue weighted by molar-refractivity contribution is 9.10. The van der Waals surface area contributed by atoms with Gasteiger partial charge in [-0.3, -0.25) is 4.79 Å². The molecule has 0 aliphatic carbocycles. The Hall–Kier alpha value is -2.22. The van der Waals surface area contributed by atoms with E-state index in [1.807, 2.05) is 56.3 Å². The van der Waals surface area contributed by atoms with Gasteiger partial charge in [0.1, 0.15) is 0 Å². The van der Waals surface area contributed by atoms with Gasteiger partial charge in [-0.2, -0.15) is 4.31 Å². The molecule has 0 atom stereocenters. The summed E-state index contributed by atoms with van der Waals surface area (Å²) in [6, 6.07) is 16.9. The second-order valence-electron chi connectivity index (χ2n) is 8.09. The van der Waals surface area contributed by atoms with Crippen LogP contribution in [0.1, 0.15) is 24.0 Å². The molecule has 0 radical (unpaired) electrons. The number of carbonyl (C=O) groups excluding carboxylic acids is 1. The van der Waals surface area contributed by atoms with E-state index < -0.39 is 10.0 Å². The zero-order valence-electron chi connectivity index (χ0n) is 17.6. The fourth-order valence-corrected chi connectivity index (χ4v) is 6.36.